The summed E-state index contributed by atoms with van der Waals surface area (Å²) in [6.07, 6.45) is 7.20. The molecular formula is C20H22FNO2. The van der Waals surface area contributed by atoms with Crippen LogP contribution in [0.3, 0.4) is 0 Å². The highest BCUT2D eigenvalue weighted by atomic mass is 19.1. The van der Waals surface area contributed by atoms with Gasteiger partial charge in [-0.3, -0.25) is 9.78 Å². The van der Waals surface area contributed by atoms with Crippen molar-refractivity contribution in [3.8, 4) is 0 Å². The summed E-state index contributed by atoms with van der Waals surface area (Å²) in [7, 11) is 0. The Bertz CT molecular complexity index is 668. The van der Waals surface area contributed by atoms with E-state index in [0.717, 1.165) is 6.42 Å². The first-order valence-electron chi connectivity index (χ1n) is 8.58. The number of halogens is 1. The number of esters is 1. The van der Waals surface area contributed by atoms with Crippen LogP contribution in [0.5, 0.6) is 0 Å². The van der Waals surface area contributed by atoms with E-state index in [4.69, 9.17) is 4.74 Å². The normalized spacial score (nSPS) is 16.0. The molecule has 1 heterocycles. The number of benzene rings is 1. The van der Waals surface area contributed by atoms with Gasteiger partial charge in [-0.05, 0) is 36.6 Å². The van der Waals surface area contributed by atoms with E-state index in [-0.39, 0.29) is 11.8 Å². The standard InChI is InChI=1S/C20H22FNO2/c21-17-9-5-8-16(14-17)20(18-10-3-4-13-22-18)24-19(23)12-11-15-6-1-2-7-15/h3-5,8-10,13-15,20H,1-2,6-7,11-12H2. The molecule has 0 radical (unpaired) electrons. The van der Waals surface area contributed by atoms with Crippen molar-refractivity contribution in [2.75, 3.05) is 0 Å². The second kappa shape index (κ2) is 8.04. The molecule has 3 rings (SSSR count). The molecular weight excluding hydrogens is 305 g/mol. The second-order valence-electron chi connectivity index (χ2n) is 6.37. The van der Waals surface area contributed by atoms with Gasteiger partial charge < -0.3 is 4.74 Å². The number of pyridine rings is 1. The summed E-state index contributed by atoms with van der Waals surface area (Å²) >= 11 is 0. The van der Waals surface area contributed by atoms with Crippen LogP contribution < -0.4 is 0 Å². The number of ether oxygens (including phenoxy) is 1. The lowest BCUT2D eigenvalue weighted by atomic mass is 10.0. The highest BCUT2D eigenvalue weighted by Crippen LogP contribution is 2.30. The van der Waals surface area contributed by atoms with Gasteiger partial charge in [-0.15, -0.1) is 0 Å². The third kappa shape index (κ3) is 4.40. The van der Waals surface area contributed by atoms with Gasteiger partial charge in [0.15, 0.2) is 6.10 Å². The molecule has 0 saturated heterocycles. The summed E-state index contributed by atoms with van der Waals surface area (Å²) in [4.78, 5) is 16.6. The van der Waals surface area contributed by atoms with Gasteiger partial charge in [0.2, 0.25) is 0 Å². The monoisotopic (exact) mass is 327 g/mol. The molecule has 0 N–H and O–H groups in total. The number of hydrogen-bond acceptors (Lipinski definition) is 3. The number of carbonyl (C=O) groups is 1. The predicted molar refractivity (Wildman–Crippen MR) is 89.8 cm³/mol. The molecule has 3 nitrogen and oxygen atoms in total. The Morgan fingerprint density at radius 3 is 2.75 bits per heavy atom. The maximum atomic E-state index is 13.6. The molecule has 0 aliphatic heterocycles. The zero-order valence-electron chi connectivity index (χ0n) is 13.7. The van der Waals surface area contributed by atoms with Crippen molar-refractivity contribution < 1.29 is 13.9 Å². The molecule has 1 saturated carbocycles. The summed E-state index contributed by atoms with van der Waals surface area (Å²) in [6, 6.07) is 11.6. The highest BCUT2D eigenvalue weighted by molar-refractivity contribution is 5.70. The molecule has 1 fully saturated rings. The zero-order chi connectivity index (χ0) is 16.8. The molecule has 0 spiro atoms. The van der Waals surface area contributed by atoms with E-state index in [0.29, 0.717) is 23.6 Å². The van der Waals surface area contributed by atoms with Gasteiger partial charge in [-0.25, -0.2) is 4.39 Å². The van der Waals surface area contributed by atoms with Gasteiger partial charge in [0.1, 0.15) is 5.82 Å². The van der Waals surface area contributed by atoms with Gasteiger partial charge in [0.05, 0.1) is 5.69 Å². The third-order valence-corrected chi connectivity index (χ3v) is 4.59. The fourth-order valence-electron chi connectivity index (χ4n) is 3.31. The Balaban J connectivity index is 1.71. The minimum Gasteiger partial charge on any atom is -0.451 e. The Kier molecular flexibility index (Phi) is 5.57. The van der Waals surface area contributed by atoms with E-state index in [9.17, 15) is 9.18 Å². The minimum absolute atomic E-state index is 0.248. The molecule has 1 atom stereocenters. The van der Waals surface area contributed by atoms with Crippen molar-refractivity contribution >= 4 is 5.97 Å². The number of carbonyl (C=O) groups excluding carboxylic acids is 1. The average Bonchev–Trinajstić information content (AvgIpc) is 3.12. The van der Waals surface area contributed by atoms with Gasteiger partial charge in [-0.1, -0.05) is 43.9 Å². The summed E-state index contributed by atoms with van der Waals surface area (Å²) in [5.41, 5.74) is 1.21. The smallest absolute Gasteiger partial charge is 0.306 e. The van der Waals surface area contributed by atoms with E-state index in [1.807, 2.05) is 6.07 Å². The topological polar surface area (TPSA) is 39.2 Å². The lowest BCUT2D eigenvalue weighted by Crippen LogP contribution is -2.14. The molecule has 24 heavy (non-hydrogen) atoms. The van der Waals surface area contributed by atoms with Crippen LogP contribution in [-0.2, 0) is 9.53 Å². The van der Waals surface area contributed by atoms with Crippen molar-refractivity contribution in [1.29, 1.82) is 0 Å². The van der Waals surface area contributed by atoms with Crippen LogP contribution in [-0.4, -0.2) is 11.0 Å². The van der Waals surface area contributed by atoms with Crippen LogP contribution in [0.25, 0.3) is 0 Å². The molecule has 0 amide bonds. The fraction of sp³-hybridized carbons (Fsp3) is 0.400. The molecule has 0 bridgehead atoms. The van der Waals surface area contributed by atoms with Crippen molar-refractivity contribution in [3.05, 3.63) is 65.7 Å². The van der Waals surface area contributed by atoms with Gasteiger partial charge >= 0.3 is 5.97 Å². The van der Waals surface area contributed by atoms with Crippen LogP contribution >= 0.6 is 0 Å². The molecule has 1 aromatic heterocycles. The number of hydrogen-bond donors (Lipinski definition) is 0. The molecule has 1 unspecified atom stereocenters. The number of aromatic nitrogens is 1. The molecule has 4 heteroatoms. The summed E-state index contributed by atoms with van der Waals surface area (Å²) in [6.45, 7) is 0. The minimum atomic E-state index is -0.669. The van der Waals surface area contributed by atoms with Crippen molar-refractivity contribution in [1.82, 2.24) is 4.98 Å². The van der Waals surface area contributed by atoms with E-state index in [1.54, 1.807) is 30.5 Å². The SMILES string of the molecule is O=C(CCC1CCCC1)OC(c1cccc(F)c1)c1ccccn1. The number of nitrogens with zero attached hydrogens (tertiary/aromatic N) is 1. The molecule has 1 aliphatic rings. The average molecular weight is 327 g/mol. The van der Waals surface area contributed by atoms with Crippen LogP contribution in [0.1, 0.15) is 55.9 Å². The molecule has 126 valence electrons. The van der Waals surface area contributed by atoms with Crippen LogP contribution in [0.2, 0.25) is 0 Å². The first kappa shape index (κ1) is 16.6. The second-order valence-corrected chi connectivity index (χ2v) is 6.37. The maximum Gasteiger partial charge on any atom is 0.306 e. The Morgan fingerprint density at radius 1 is 1.21 bits per heavy atom. The van der Waals surface area contributed by atoms with Crippen molar-refractivity contribution in [3.63, 3.8) is 0 Å². The van der Waals surface area contributed by atoms with E-state index in [2.05, 4.69) is 4.98 Å². The summed E-state index contributed by atoms with van der Waals surface area (Å²) in [5.74, 6) is 0.0391. The largest absolute Gasteiger partial charge is 0.451 e. The first-order valence-corrected chi connectivity index (χ1v) is 8.58. The summed E-state index contributed by atoms with van der Waals surface area (Å²) in [5, 5.41) is 0. The highest BCUT2D eigenvalue weighted by Gasteiger charge is 2.22. The zero-order valence-corrected chi connectivity index (χ0v) is 13.7. The molecule has 1 aromatic carbocycles. The van der Waals surface area contributed by atoms with E-state index >= 15 is 0 Å². The lowest BCUT2D eigenvalue weighted by Gasteiger charge is -2.18. The predicted octanol–water partition coefficient (Wildman–Crippen LogP) is 4.82. The lowest BCUT2D eigenvalue weighted by molar-refractivity contribution is -0.148. The van der Waals surface area contributed by atoms with Gasteiger partial charge in [0, 0.05) is 18.2 Å². The maximum absolute atomic E-state index is 13.6. The Morgan fingerprint density at radius 2 is 2.04 bits per heavy atom. The van der Waals surface area contributed by atoms with E-state index in [1.165, 1.54) is 37.8 Å². The van der Waals surface area contributed by atoms with Crippen LogP contribution in [0.4, 0.5) is 4.39 Å². The van der Waals surface area contributed by atoms with Gasteiger partial charge in [-0.2, -0.15) is 0 Å². The Hall–Kier alpha value is -2.23. The quantitative estimate of drug-likeness (QED) is 0.714. The van der Waals surface area contributed by atoms with Gasteiger partial charge in [0.25, 0.3) is 0 Å². The summed E-state index contributed by atoms with van der Waals surface area (Å²) < 4.78 is 19.2. The van der Waals surface area contributed by atoms with Crippen LogP contribution in [0, 0.1) is 11.7 Å². The number of rotatable bonds is 6. The van der Waals surface area contributed by atoms with Crippen molar-refractivity contribution in [2.45, 2.75) is 44.6 Å². The van der Waals surface area contributed by atoms with Crippen molar-refractivity contribution in [2.24, 2.45) is 5.92 Å². The fourth-order valence-corrected chi connectivity index (χ4v) is 3.31. The van der Waals surface area contributed by atoms with Crippen LogP contribution in [0.15, 0.2) is 48.7 Å². The first-order chi connectivity index (χ1) is 11.7. The Labute approximate surface area is 141 Å². The third-order valence-electron chi connectivity index (χ3n) is 4.59. The molecule has 1 aliphatic carbocycles. The van der Waals surface area contributed by atoms with E-state index < -0.39 is 6.10 Å². The molecule has 2 aromatic rings.